The molecule has 2 aliphatic carbocycles. The van der Waals surface area contributed by atoms with Gasteiger partial charge < -0.3 is 5.32 Å². The molecule has 3 aliphatic rings. The van der Waals surface area contributed by atoms with Crippen LogP contribution in [0.15, 0.2) is 0 Å². The Morgan fingerprint density at radius 1 is 1.12 bits per heavy atom. The standard InChI is InChI=1S/C15H28N2/c1-2-14-4-3-10-17(14)11-9-16-15(12-5-6-12)13-7-8-13/h12-16H,2-11H2,1H3. The van der Waals surface area contributed by atoms with Crippen molar-refractivity contribution in [1.82, 2.24) is 10.2 Å². The van der Waals surface area contributed by atoms with E-state index < -0.39 is 0 Å². The second-order valence-electron chi connectivity index (χ2n) is 6.40. The van der Waals surface area contributed by atoms with Gasteiger partial charge in [-0.1, -0.05) is 6.92 Å². The molecule has 3 fully saturated rings. The third-order valence-corrected chi connectivity index (χ3v) is 5.01. The number of nitrogens with one attached hydrogen (secondary N) is 1. The van der Waals surface area contributed by atoms with Gasteiger partial charge >= 0.3 is 0 Å². The van der Waals surface area contributed by atoms with Crippen LogP contribution in [0.3, 0.4) is 0 Å². The Balaban J connectivity index is 1.38. The van der Waals surface area contributed by atoms with Crippen LogP contribution in [0.5, 0.6) is 0 Å². The molecule has 1 heterocycles. The largest absolute Gasteiger partial charge is 0.312 e. The Labute approximate surface area is 106 Å². The maximum absolute atomic E-state index is 3.87. The first-order chi connectivity index (χ1) is 8.38. The molecule has 1 unspecified atom stereocenters. The van der Waals surface area contributed by atoms with E-state index in [4.69, 9.17) is 0 Å². The second kappa shape index (κ2) is 5.27. The minimum Gasteiger partial charge on any atom is -0.312 e. The molecule has 2 saturated carbocycles. The molecule has 0 bridgehead atoms. The van der Waals surface area contributed by atoms with Gasteiger partial charge in [0.05, 0.1) is 0 Å². The summed E-state index contributed by atoms with van der Waals surface area (Å²) in [5.41, 5.74) is 0. The van der Waals surface area contributed by atoms with E-state index in [1.54, 1.807) is 0 Å². The Morgan fingerprint density at radius 2 is 1.82 bits per heavy atom. The lowest BCUT2D eigenvalue weighted by molar-refractivity contribution is 0.240. The molecular weight excluding hydrogens is 208 g/mol. The van der Waals surface area contributed by atoms with Crippen LogP contribution in [-0.2, 0) is 0 Å². The van der Waals surface area contributed by atoms with Crippen molar-refractivity contribution in [3.8, 4) is 0 Å². The van der Waals surface area contributed by atoms with E-state index in [2.05, 4.69) is 17.1 Å². The molecule has 0 spiro atoms. The molecule has 3 rings (SSSR count). The Hall–Kier alpha value is -0.0800. The fraction of sp³-hybridized carbons (Fsp3) is 1.00. The summed E-state index contributed by atoms with van der Waals surface area (Å²) in [5, 5.41) is 3.87. The van der Waals surface area contributed by atoms with Crippen molar-refractivity contribution >= 4 is 0 Å². The van der Waals surface area contributed by atoms with E-state index in [0.717, 1.165) is 23.9 Å². The van der Waals surface area contributed by atoms with Crippen molar-refractivity contribution in [2.45, 2.75) is 64.0 Å². The van der Waals surface area contributed by atoms with Crippen molar-refractivity contribution in [1.29, 1.82) is 0 Å². The highest BCUT2D eigenvalue weighted by Gasteiger charge is 2.40. The van der Waals surface area contributed by atoms with E-state index in [1.165, 1.54) is 64.6 Å². The van der Waals surface area contributed by atoms with Crippen molar-refractivity contribution in [3.63, 3.8) is 0 Å². The third kappa shape index (κ3) is 3.03. The lowest BCUT2D eigenvalue weighted by Crippen LogP contribution is -2.40. The van der Waals surface area contributed by atoms with Crippen LogP contribution in [-0.4, -0.2) is 36.6 Å². The van der Waals surface area contributed by atoms with Crippen LogP contribution < -0.4 is 5.32 Å². The van der Waals surface area contributed by atoms with E-state index in [1.807, 2.05) is 0 Å². The van der Waals surface area contributed by atoms with Crippen LogP contribution in [0.4, 0.5) is 0 Å². The van der Waals surface area contributed by atoms with E-state index in [0.29, 0.717) is 0 Å². The topological polar surface area (TPSA) is 15.3 Å². The van der Waals surface area contributed by atoms with Crippen molar-refractivity contribution in [2.24, 2.45) is 11.8 Å². The predicted molar refractivity (Wildman–Crippen MR) is 72.1 cm³/mol. The minimum atomic E-state index is 0.886. The zero-order valence-corrected chi connectivity index (χ0v) is 11.3. The number of hydrogen-bond acceptors (Lipinski definition) is 2. The molecule has 0 radical (unpaired) electrons. The zero-order valence-electron chi connectivity index (χ0n) is 11.3. The number of hydrogen-bond donors (Lipinski definition) is 1. The molecule has 1 N–H and O–H groups in total. The first kappa shape index (κ1) is 12.0. The van der Waals surface area contributed by atoms with Gasteiger partial charge in [-0.2, -0.15) is 0 Å². The van der Waals surface area contributed by atoms with E-state index in [9.17, 15) is 0 Å². The molecule has 2 heteroatoms. The van der Waals surface area contributed by atoms with Gasteiger partial charge in [-0.25, -0.2) is 0 Å². The zero-order chi connectivity index (χ0) is 11.7. The summed E-state index contributed by atoms with van der Waals surface area (Å²) in [5.74, 6) is 2.09. The average Bonchev–Trinajstić information content (AvgIpc) is 3.24. The quantitative estimate of drug-likeness (QED) is 0.731. The normalized spacial score (nSPS) is 30.4. The minimum absolute atomic E-state index is 0.886. The molecule has 98 valence electrons. The lowest BCUT2D eigenvalue weighted by Gasteiger charge is -2.25. The highest BCUT2D eigenvalue weighted by Crippen LogP contribution is 2.44. The fourth-order valence-corrected chi connectivity index (χ4v) is 3.66. The van der Waals surface area contributed by atoms with Gasteiger partial charge in [0.15, 0.2) is 0 Å². The first-order valence-electron chi connectivity index (χ1n) is 7.86. The second-order valence-corrected chi connectivity index (χ2v) is 6.40. The highest BCUT2D eigenvalue weighted by atomic mass is 15.2. The van der Waals surface area contributed by atoms with E-state index >= 15 is 0 Å². The summed E-state index contributed by atoms with van der Waals surface area (Å²) in [4.78, 5) is 2.71. The summed E-state index contributed by atoms with van der Waals surface area (Å²) in [6.07, 6.45) is 10.2. The first-order valence-corrected chi connectivity index (χ1v) is 7.86. The summed E-state index contributed by atoms with van der Waals surface area (Å²) in [6, 6.07) is 1.77. The summed E-state index contributed by atoms with van der Waals surface area (Å²) < 4.78 is 0. The van der Waals surface area contributed by atoms with E-state index in [-0.39, 0.29) is 0 Å². The molecule has 0 aromatic carbocycles. The predicted octanol–water partition coefficient (Wildman–Crippen LogP) is 2.64. The summed E-state index contributed by atoms with van der Waals surface area (Å²) >= 11 is 0. The smallest absolute Gasteiger partial charge is 0.0124 e. The Kier molecular flexibility index (Phi) is 3.72. The van der Waals surface area contributed by atoms with Gasteiger partial charge in [0.1, 0.15) is 0 Å². The van der Waals surface area contributed by atoms with Gasteiger partial charge in [-0.05, 0) is 63.3 Å². The van der Waals surface area contributed by atoms with Gasteiger partial charge in [0.2, 0.25) is 0 Å². The Bertz CT molecular complexity index is 233. The van der Waals surface area contributed by atoms with Gasteiger partial charge in [-0.15, -0.1) is 0 Å². The molecule has 0 aromatic rings. The van der Waals surface area contributed by atoms with Crippen LogP contribution in [0.25, 0.3) is 0 Å². The average molecular weight is 236 g/mol. The maximum atomic E-state index is 3.87. The molecule has 1 saturated heterocycles. The van der Waals surface area contributed by atoms with Gasteiger partial charge in [0, 0.05) is 25.2 Å². The number of rotatable bonds is 7. The van der Waals surface area contributed by atoms with Crippen molar-refractivity contribution in [2.75, 3.05) is 19.6 Å². The SMILES string of the molecule is CCC1CCCN1CCNC(C1CC1)C1CC1. The summed E-state index contributed by atoms with van der Waals surface area (Å²) in [7, 11) is 0. The maximum Gasteiger partial charge on any atom is 0.0124 e. The molecule has 0 amide bonds. The van der Waals surface area contributed by atoms with Crippen LogP contribution in [0.2, 0.25) is 0 Å². The molecule has 2 nitrogen and oxygen atoms in total. The van der Waals surface area contributed by atoms with Crippen molar-refractivity contribution in [3.05, 3.63) is 0 Å². The molecule has 0 aromatic heterocycles. The lowest BCUT2D eigenvalue weighted by atomic mass is 10.1. The molecule has 17 heavy (non-hydrogen) atoms. The summed E-state index contributed by atoms with van der Waals surface area (Å²) in [6.45, 7) is 6.20. The third-order valence-electron chi connectivity index (χ3n) is 5.01. The fourth-order valence-electron chi connectivity index (χ4n) is 3.66. The van der Waals surface area contributed by atoms with Gasteiger partial charge in [0.25, 0.3) is 0 Å². The van der Waals surface area contributed by atoms with Crippen molar-refractivity contribution < 1.29 is 0 Å². The van der Waals surface area contributed by atoms with Gasteiger partial charge in [-0.3, -0.25) is 4.90 Å². The highest BCUT2D eigenvalue weighted by molar-refractivity contribution is 4.96. The van der Waals surface area contributed by atoms with Crippen LogP contribution in [0.1, 0.15) is 51.9 Å². The molecule has 1 aliphatic heterocycles. The van der Waals surface area contributed by atoms with Crippen LogP contribution in [0, 0.1) is 11.8 Å². The van der Waals surface area contributed by atoms with Crippen LogP contribution >= 0.6 is 0 Å². The molecule has 1 atom stereocenters. The monoisotopic (exact) mass is 236 g/mol. The molecular formula is C15H28N2. The number of likely N-dealkylation sites (tertiary alicyclic amines) is 1. The Morgan fingerprint density at radius 3 is 2.41 bits per heavy atom. The number of nitrogens with zero attached hydrogens (tertiary/aromatic N) is 1.